The number of piperidine rings is 1. The molecule has 1 aromatic rings. The highest BCUT2D eigenvalue weighted by Crippen LogP contribution is 2.29. The third kappa shape index (κ3) is 2.75. The Morgan fingerprint density at radius 2 is 2.12 bits per heavy atom. The quantitative estimate of drug-likeness (QED) is 0.830. The molecule has 4 heteroatoms. The molecule has 0 radical (unpaired) electrons. The topological polar surface area (TPSA) is 24.1 Å². The largest absolute Gasteiger partial charge is 0.379 e. The molecule has 1 unspecified atom stereocenters. The normalized spacial score (nSPS) is 23.4. The van der Waals surface area contributed by atoms with Gasteiger partial charge in [-0.2, -0.15) is 0 Å². The zero-order valence-corrected chi connectivity index (χ0v) is 10.2. The summed E-state index contributed by atoms with van der Waals surface area (Å²) < 4.78 is 26.3. The molecule has 2 rings (SSSR count). The molecule has 1 aliphatic heterocycles. The first-order chi connectivity index (χ1) is 7.99. The van der Waals surface area contributed by atoms with Crippen LogP contribution in [0.3, 0.4) is 0 Å². The summed E-state index contributed by atoms with van der Waals surface area (Å²) in [5, 5.41) is 6.51. The summed E-state index contributed by atoms with van der Waals surface area (Å²) in [6.07, 6.45) is 0.934. The summed E-state index contributed by atoms with van der Waals surface area (Å²) in [4.78, 5) is 0. The predicted molar refractivity (Wildman–Crippen MR) is 65.0 cm³/mol. The fourth-order valence-corrected chi connectivity index (χ4v) is 2.23. The monoisotopic (exact) mass is 240 g/mol. The maximum absolute atomic E-state index is 13.5. The van der Waals surface area contributed by atoms with Crippen LogP contribution in [-0.2, 0) is 0 Å². The number of anilines is 1. The molecule has 17 heavy (non-hydrogen) atoms. The number of benzene rings is 1. The summed E-state index contributed by atoms with van der Waals surface area (Å²) in [5.41, 5.74) is 0.436. The first kappa shape index (κ1) is 12.3. The van der Waals surface area contributed by atoms with Gasteiger partial charge in [0.25, 0.3) is 0 Å². The lowest BCUT2D eigenvalue weighted by atomic mass is 9.80. The minimum absolute atomic E-state index is 0.0546. The maximum atomic E-state index is 13.5. The van der Waals surface area contributed by atoms with Crippen molar-refractivity contribution in [3.05, 3.63) is 29.8 Å². The molecule has 1 heterocycles. The minimum Gasteiger partial charge on any atom is -0.379 e. The number of nitrogens with one attached hydrogen (secondary N) is 2. The van der Waals surface area contributed by atoms with Crippen molar-refractivity contribution in [1.82, 2.24) is 5.32 Å². The molecule has 0 bridgehead atoms. The Labute approximate surface area is 100 Å². The lowest BCUT2D eigenvalue weighted by Crippen LogP contribution is -2.49. The van der Waals surface area contributed by atoms with Crippen LogP contribution >= 0.6 is 0 Å². The van der Waals surface area contributed by atoms with Gasteiger partial charge in [-0.05, 0) is 30.5 Å². The van der Waals surface area contributed by atoms with Crippen LogP contribution in [0.5, 0.6) is 0 Å². The van der Waals surface area contributed by atoms with Crippen LogP contribution in [0.4, 0.5) is 14.5 Å². The van der Waals surface area contributed by atoms with E-state index in [-0.39, 0.29) is 11.5 Å². The molecule has 0 amide bonds. The highest BCUT2D eigenvalue weighted by atomic mass is 19.1. The van der Waals surface area contributed by atoms with Crippen LogP contribution in [0.1, 0.15) is 20.3 Å². The van der Waals surface area contributed by atoms with Crippen molar-refractivity contribution in [2.24, 2.45) is 5.41 Å². The smallest absolute Gasteiger partial charge is 0.149 e. The third-order valence-electron chi connectivity index (χ3n) is 3.39. The molecule has 0 spiro atoms. The molecule has 1 aliphatic rings. The first-order valence-electron chi connectivity index (χ1n) is 5.91. The van der Waals surface area contributed by atoms with Crippen LogP contribution in [0.15, 0.2) is 18.2 Å². The Morgan fingerprint density at radius 1 is 1.35 bits per heavy atom. The van der Waals surface area contributed by atoms with Crippen LogP contribution in [0.25, 0.3) is 0 Å². The van der Waals surface area contributed by atoms with Gasteiger partial charge in [0.2, 0.25) is 0 Å². The van der Waals surface area contributed by atoms with E-state index < -0.39 is 11.6 Å². The number of halogens is 2. The second-order valence-corrected chi connectivity index (χ2v) is 5.28. The molecule has 0 aromatic heterocycles. The third-order valence-corrected chi connectivity index (χ3v) is 3.39. The van der Waals surface area contributed by atoms with Crippen molar-refractivity contribution < 1.29 is 8.78 Å². The Morgan fingerprint density at radius 3 is 2.76 bits per heavy atom. The lowest BCUT2D eigenvalue weighted by molar-refractivity contribution is 0.236. The van der Waals surface area contributed by atoms with Gasteiger partial charge >= 0.3 is 0 Å². The van der Waals surface area contributed by atoms with E-state index in [4.69, 9.17) is 0 Å². The highest BCUT2D eigenvalue weighted by molar-refractivity contribution is 5.46. The number of hydrogen-bond acceptors (Lipinski definition) is 2. The van der Waals surface area contributed by atoms with E-state index in [0.717, 1.165) is 25.6 Å². The van der Waals surface area contributed by atoms with Crippen LogP contribution < -0.4 is 10.6 Å². The van der Waals surface area contributed by atoms with Crippen molar-refractivity contribution in [3.63, 3.8) is 0 Å². The highest BCUT2D eigenvalue weighted by Gasteiger charge is 2.32. The average molecular weight is 240 g/mol. The zero-order valence-electron chi connectivity index (χ0n) is 10.2. The Bertz CT molecular complexity index is 404. The predicted octanol–water partition coefficient (Wildman–Crippen LogP) is 2.76. The summed E-state index contributed by atoms with van der Waals surface area (Å²) in [5.74, 6) is -1.07. The van der Waals surface area contributed by atoms with E-state index in [1.54, 1.807) is 0 Å². The van der Waals surface area contributed by atoms with Crippen molar-refractivity contribution in [2.45, 2.75) is 26.3 Å². The molecular weight excluding hydrogens is 222 g/mol. The minimum atomic E-state index is -0.544. The second-order valence-electron chi connectivity index (χ2n) is 5.28. The van der Waals surface area contributed by atoms with Gasteiger partial charge in [0, 0.05) is 18.7 Å². The Kier molecular flexibility index (Phi) is 3.33. The van der Waals surface area contributed by atoms with Crippen LogP contribution in [-0.4, -0.2) is 19.1 Å². The molecule has 1 atom stereocenters. The SMILES string of the molecule is CC1(C)CNCCC1Nc1ccc(F)cc1F. The van der Waals surface area contributed by atoms with Crippen molar-refractivity contribution in [3.8, 4) is 0 Å². The zero-order chi connectivity index (χ0) is 12.5. The molecule has 2 N–H and O–H groups in total. The van der Waals surface area contributed by atoms with Gasteiger partial charge < -0.3 is 10.6 Å². The van der Waals surface area contributed by atoms with Crippen molar-refractivity contribution in [2.75, 3.05) is 18.4 Å². The van der Waals surface area contributed by atoms with Gasteiger partial charge in [-0.15, -0.1) is 0 Å². The number of rotatable bonds is 2. The summed E-state index contributed by atoms with van der Waals surface area (Å²) >= 11 is 0. The van der Waals surface area contributed by atoms with Gasteiger partial charge in [-0.1, -0.05) is 13.8 Å². The molecule has 2 nitrogen and oxygen atoms in total. The molecule has 1 fully saturated rings. The molecule has 94 valence electrons. The van der Waals surface area contributed by atoms with E-state index in [0.29, 0.717) is 5.69 Å². The van der Waals surface area contributed by atoms with E-state index in [1.807, 2.05) is 0 Å². The molecule has 0 saturated carbocycles. The van der Waals surface area contributed by atoms with Crippen molar-refractivity contribution in [1.29, 1.82) is 0 Å². The van der Waals surface area contributed by atoms with E-state index in [1.165, 1.54) is 12.1 Å². The lowest BCUT2D eigenvalue weighted by Gasteiger charge is -2.40. The molecule has 0 aliphatic carbocycles. The van der Waals surface area contributed by atoms with Crippen LogP contribution in [0.2, 0.25) is 0 Å². The van der Waals surface area contributed by atoms with Gasteiger partial charge in [0.15, 0.2) is 0 Å². The fraction of sp³-hybridized carbons (Fsp3) is 0.538. The molecule has 1 saturated heterocycles. The van der Waals surface area contributed by atoms with E-state index in [9.17, 15) is 8.78 Å². The summed E-state index contributed by atoms with van der Waals surface area (Å²) in [6.45, 7) is 6.09. The summed E-state index contributed by atoms with van der Waals surface area (Å²) in [7, 11) is 0. The summed E-state index contributed by atoms with van der Waals surface area (Å²) in [6, 6.07) is 3.85. The van der Waals surface area contributed by atoms with E-state index in [2.05, 4.69) is 24.5 Å². The Hall–Kier alpha value is -1.16. The van der Waals surface area contributed by atoms with Gasteiger partial charge in [-0.3, -0.25) is 0 Å². The van der Waals surface area contributed by atoms with Gasteiger partial charge in [0.05, 0.1) is 5.69 Å². The molecule has 1 aromatic carbocycles. The Balaban J connectivity index is 2.14. The van der Waals surface area contributed by atoms with Gasteiger partial charge in [0.1, 0.15) is 11.6 Å². The van der Waals surface area contributed by atoms with Gasteiger partial charge in [-0.25, -0.2) is 8.78 Å². The van der Waals surface area contributed by atoms with Crippen LogP contribution in [0, 0.1) is 17.0 Å². The van der Waals surface area contributed by atoms with Crippen molar-refractivity contribution >= 4 is 5.69 Å². The second kappa shape index (κ2) is 4.61. The number of hydrogen-bond donors (Lipinski definition) is 2. The first-order valence-corrected chi connectivity index (χ1v) is 5.91. The molecular formula is C13H18F2N2. The average Bonchev–Trinajstić information content (AvgIpc) is 2.24. The maximum Gasteiger partial charge on any atom is 0.149 e. The fourth-order valence-electron chi connectivity index (χ4n) is 2.23. The van der Waals surface area contributed by atoms with E-state index >= 15 is 0 Å². The standard InChI is InChI=1S/C13H18F2N2/c1-13(2)8-16-6-5-12(13)17-11-4-3-9(14)7-10(11)15/h3-4,7,12,16-17H,5-6,8H2,1-2H3.